The molecule has 1 atom stereocenters. The van der Waals surface area contributed by atoms with Crippen LogP contribution < -0.4 is 27.4 Å². The molecule has 7 N–H and O–H groups in total. The van der Waals surface area contributed by atoms with Crippen molar-refractivity contribution in [2.24, 2.45) is 5.73 Å². The molecule has 1 aliphatic heterocycles. The van der Waals surface area contributed by atoms with Crippen LogP contribution in [-0.4, -0.2) is 45.0 Å². The van der Waals surface area contributed by atoms with Crippen LogP contribution in [0.15, 0.2) is 36.8 Å². The van der Waals surface area contributed by atoms with E-state index in [0.717, 1.165) is 31.6 Å². The summed E-state index contributed by atoms with van der Waals surface area (Å²) in [5.41, 5.74) is 21.5. The Hall–Kier alpha value is -3.79. The summed E-state index contributed by atoms with van der Waals surface area (Å²) < 4.78 is 0. The lowest BCUT2D eigenvalue weighted by Crippen LogP contribution is -2.43. The number of carbonyl (C=O) groups is 1. The summed E-state index contributed by atoms with van der Waals surface area (Å²) >= 11 is 0. The number of aryl methyl sites for hydroxylation is 1. The number of nitrogen functional groups attached to an aromatic ring is 2. The van der Waals surface area contributed by atoms with E-state index in [0.29, 0.717) is 22.6 Å². The van der Waals surface area contributed by atoms with Crippen molar-refractivity contribution >= 4 is 28.9 Å². The van der Waals surface area contributed by atoms with Crippen LogP contribution in [0.5, 0.6) is 0 Å². The van der Waals surface area contributed by atoms with Gasteiger partial charge in [-0.15, -0.1) is 0 Å². The van der Waals surface area contributed by atoms with Gasteiger partial charge in [0.05, 0.1) is 34.6 Å². The number of amides is 1. The number of hydrogen-bond donors (Lipinski definition) is 4. The summed E-state index contributed by atoms with van der Waals surface area (Å²) in [5, 5.41) is 2.90. The van der Waals surface area contributed by atoms with E-state index in [9.17, 15) is 4.79 Å². The fourth-order valence-electron chi connectivity index (χ4n) is 3.71. The Balaban J connectivity index is 1.63. The lowest BCUT2D eigenvalue weighted by molar-refractivity contribution is 0.102. The lowest BCUT2D eigenvalue weighted by atomic mass is 10.1. The first-order chi connectivity index (χ1) is 14.9. The van der Waals surface area contributed by atoms with Crippen LogP contribution in [0, 0.1) is 6.92 Å². The van der Waals surface area contributed by atoms with Crippen LogP contribution in [0.2, 0.25) is 0 Å². The van der Waals surface area contributed by atoms with Crippen molar-refractivity contribution in [3.63, 3.8) is 0 Å². The van der Waals surface area contributed by atoms with Gasteiger partial charge in [-0.2, -0.15) is 0 Å². The molecule has 0 aromatic carbocycles. The quantitative estimate of drug-likeness (QED) is 0.492. The van der Waals surface area contributed by atoms with Gasteiger partial charge in [-0.3, -0.25) is 9.78 Å². The van der Waals surface area contributed by atoms with E-state index >= 15 is 0 Å². The minimum Gasteiger partial charge on any atom is -0.397 e. The number of carbonyl (C=O) groups excluding carboxylic acids is 1. The zero-order chi connectivity index (χ0) is 22.0. The van der Waals surface area contributed by atoms with Gasteiger partial charge in [0.2, 0.25) is 5.95 Å². The van der Waals surface area contributed by atoms with E-state index in [1.807, 2.05) is 6.07 Å². The highest BCUT2D eigenvalue weighted by atomic mass is 16.1. The summed E-state index contributed by atoms with van der Waals surface area (Å²) in [6.45, 7) is 3.39. The van der Waals surface area contributed by atoms with Crippen LogP contribution >= 0.6 is 0 Å². The molecule has 10 nitrogen and oxygen atoms in total. The van der Waals surface area contributed by atoms with Gasteiger partial charge in [-0.25, -0.2) is 15.0 Å². The number of nitrogens with one attached hydrogen (secondary N) is 1. The normalized spacial score (nSPS) is 16.2. The SMILES string of the molecule is Cc1nc(N)ncc1-c1ccc(N)c(C(=O)Nc2cnccc2N2CCC[C@H](N)C2)n1. The van der Waals surface area contributed by atoms with Gasteiger partial charge in [0.25, 0.3) is 5.91 Å². The Morgan fingerprint density at radius 1 is 1.19 bits per heavy atom. The maximum absolute atomic E-state index is 13.1. The second-order valence-corrected chi connectivity index (χ2v) is 7.56. The van der Waals surface area contributed by atoms with E-state index in [1.54, 1.807) is 37.6 Å². The van der Waals surface area contributed by atoms with Gasteiger partial charge >= 0.3 is 0 Å². The summed E-state index contributed by atoms with van der Waals surface area (Å²) in [5.74, 6) is -0.250. The number of piperidine rings is 1. The monoisotopic (exact) mass is 419 g/mol. The van der Waals surface area contributed by atoms with Gasteiger partial charge in [-0.1, -0.05) is 0 Å². The van der Waals surface area contributed by atoms with Crippen molar-refractivity contribution in [3.8, 4) is 11.3 Å². The number of nitrogens with two attached hydrogens (primary N) is 3. The molecule has 3 aromatic heterocycles. The van der Waals surface area contributed by atoms with Crippen LogP contribution in [0.25, 0.3) is 11.3 Å². The predicted octanol–water partition coefficient (Wildman–Crippen LogP) is 1.59. The lowest BCUT2D eigenvalue weighted by Gasteiger charge is -2.33. The topological polar surface area (TPSA) is 162 Å². The van der Waals surface area contributed by atoms with Crippen LogP contribution in [0.3, 0.4) is 0 Å². The molecule has 4 rings (SSSR count). The molecule has 10 heteroatoms. The molecule has 31 heavy (non-hydrogen) atoms. The number of hydrogen-bond acceptors (Lipinski definition) is 9. The molecule has 4 heterocycles. The maximum Gasteiger partial charge on any atom is 0.276 e. The maximum atomic E-state index is 13.1. The highest BCUT2D eigenvalue weighted by Gasteiger charge is 2.21. The number of rotatable bonds is 4. The van der Waals surface area contributed by atoms with E-state index in [4.69, 9.17) is 17.2 Å². The van der Waals surface area contributed by atoms with Crippen LogP contribution in [0.4, 0.5) is 23.0 Å². The van der Waals surface area contributed by atoms with Gasteiger partial charge in [-0.05, 0) is 38.0 Å². The summed E-state index contributed by atoms with van der Waals surface area (Å²) in [6, 6.07) is 5.33. The molecule has 1 fully saturated rings. The Labute approximate surface area is 179 Å². The molecule has 1 aliphatic rings. The van der Waals surface area contributed by atoms with Crippen molar-refractivity contribution in [2.75, 3.05) is 34.8 Å². The second-order valence-electron chi connectivity index (χ2n) is 7.56. The number of aromatic nitrogens is 4. The average Bonchev–Trinajstić information content (AvgIpc) is 2.75. The van der Waals surface area contributed by atoms with Gasteiger partial charge in [0.15, 0.2) is 5.69 Å². The van der Waals surface area contributed by atoms with E-state index in [1.165, 1.54) is 0 Å². The standard InChI is InChI=1S/C21H25N9O/c1-12-14(9-26-21(24)27-12)16-5-4-15(23)19(28-16)20(31)29-17-10-25-7-6-18(17)30-8-2-3-13(22)11-30/h4-7,9-10,13H,2-3,8,11,22-23H2,1H3,(H,29,31)(H2,24,26,27)/t13-/m0/s1. The molecular formula is C21H25N9O. The van der Waals surface area contributed by atoms with Crippen LogP contribution in [-0.2, 0) is 0 Å². The number of nitrogens with zero attached hydrogens (tertiary/aromatic N) is 5. The molecule has 0 spiro atoms. The van der Waals surface area contributed by atoms with Crippen molar-refractivity contribution in [3.05, 3.63) is 48.2 Å². The fraction of sp³-hybridized carbons (Fsp3) is 0.286. The fourth-order valence-corrected chi connectivity index (χ4v) is 3.71. The molecule has 0 bridgehead atoms. The Morgan fingerprint density at radius 3 is 2.81 bits per heavy atom. The van der Waals surface area contributed by atoms with Crippen LogP contribution in [0.1, 0.15) is 29.0 Å². The van der Waals surface area contributed by atoms with E-state index < -0.39 is 5.91 Å². The molecule has 1 saturated heterocycles. The smallest absolute Gasteiger partial charge is 0.276 e. The summed E-state index contributed by atoms with van der Waals surface area (Å²) in [4.78, 5) is 32.0. The van der Waals surface area contributed by atoms with Gasteiger partial charge in [0, 0.05) is 37.1 Å². The number of anilines is 4. The number of pyridine rings is 2. The molecule has 1 amide bonds. The molecule has 3 aromatic rings. The van der Waals surface area contributed by atoms with Crippen molar-refractivity contribution in [1.29, 1.82) is 0 Å². The molecular weight excluding hydrogens is 394 g/mol. The zero-order valence-corrected chi connectivity index (χ0v) is 17.2. The largest absolute Gasteiger partial charge is 0.397 e. The minimum absolute atomic E-state index is 0.102. The molecule has 0 aliphatic carbocycles. The first-order valence-electron chi connectivity index (χ1n) is 10.0. The zero-order valence-electron chi connectivity index (χ0n) is 17.2. The first kappa shape index (κ1) is 20.5. The van der Waals surface area contributed by atoms with Crippen molar-refractivity contribution in [1.82, 2.24) is 19.9 Å². The molecule has 0 radical (unpaired) electrons. The van der Waals surface area contributed by atoms with Crippen molar-refractivity contribution in [2.45, 2.75) is 25.8 Å². The van der Waals surface area contributed by atoms with Gasteiger partial charge in [0.1, 0.15) is 0 Å². The third-order valence-corrected chi connectivity index (χ3v) is 5.26. The Kier molecular flexibility index (Phi) is 5.63. The highest BCUT2D eigenvalue weighted by Crippen LogP contribution is 2.28. The average molecular weight is 419 g/mol. The second kappa shape index (κ2) is 8.52. The predicted molar refractivity (Wildman–Crippen MR) is 120 cm³/mol. The van der Waals surface area contributed by atoms with Crippen molar-refractivity contribution < 1.29 is 4.79 Å². The molecule has 0 unspecified atom stereocenters. The Bertz CT molecular complexity index is 1120. The first-order valence-corrected chi connectivity index (χ1v) is 10.0. The van der Waals surface area contributed by atoms with E-state index in [2.05, 4.69) is 30.2 Å². The highest BCUT2D eigenvalue weighted by molar-refractivity contribution is 6.07. The Morgan fingerprint density at radius 2 is 2.03 bits per heavy atom. The van der Waals surface area contributed by atoms with E-state index in [-0.39, 0.29) is 23.4 Å². The summed E-state index contributed by atoms with van der Waals surface area (Å²) in [7, 11) is 0. The molecule has 0 saturated carbocycles. The summed E-state index contributed by atoms with van der Waals surface area (Å²) in [6.07, 6.45) is 6.88. The van der Waals surface area contributed by atoms with Gasteiger partial charge < -0.3 is 27.4 Å². The molecule has 160 valence electrons. The minimum atomic E-state index is -0.427. The third-order valence-electron chi connectivity index (χ3n) is 5.26. The third kappa shape index (κ3) is 4.38.